The molecule has 0 aromatic heterocycles. The number of benzene rings is 2. The number of ether oxygens (including phenoxy) is 6. The van der Waals surface area contributed by atoms with Crippen molar-refractivity contribution < 1.29 is 38.0 Å². The van der Waals surface area contributed by atoms with E-state index in [1.165, 1.54) is 314 Å². The molecule has 0 heterocycles. The SMILES string of the molecule is CCCCCCCCCCCCOc1cc(/C=C/C(=O)N[C@H](C)C(=O)Nc2cc(OCCCCCCCCCCCC)c(OCCCCCCCCCCCC)c(OCCCCCCCCCCCC)c2)cc(OCCCCCCCCCCCC)c1OCCCCCCCCCCCC. The summed E-state index contributed by atoms with van der Waals surface area (Å²) in [5, 5.41) is 6.11. The number of nitrogens with one attached hydrogen (secondary N) is 2. The Bertz CT molecular complexity index is 2070. The van der Waals surface area contributed by atoms with Gasteiger partial charge in [0.15, 0.2) is 23.0 Å². The summed E-state index contributed by atoms with van der Waals surface area (Å²) in [7, 11) is 0. The molecule has 10 heteroatoms. The quantitative estimate of drug-likeness (QED) is 0.0497. The fourth-order valence-electron chi connectivity index (χ4n) is 13.4. The fourth-order valence-corrected chi connectivity index (χ4v) is 13.4. The van der Waals surface area contributed by atoms with E-state index in [4.69, 9.17) is 28.4 Å². The summed E-state index contributed by atoms with van der Waals surface area (Å²) < 4.78 is 40.1. The summed E-state index contributed by atoms with van der Waals surface area (Å²) in [4.78, 5) is 28.2. The highest BCUT2D eigenvalue weighted by Crippen LogP contribution is 2.43. The van der Waals surface area contributed by atoms with Crippen LogP contribution in [0.5, 0.6) is 34.5 Å². The minimum absolute atomic E-state index is 0.337. The predicted molar refractivity (Wildman–Crippen MR) is 432 cm³/mol. The van der Waals surface area contributed by atoms with Crippen LogP contribution in [0.1, 0.15) is 439 Å². The predicted octanol–water partition coefficient (Wildman–Crippen LogP) is 28.6. The Labute approximate surface area is 618 Å². The number of carbonyl (C=O) groups is 2. The molecule has 1 atom stereocenters. The van der Waals surface area contributed by atoms with Gasteiger partial charge >= 0.3 is 0 Å². The zero-order valence-corrected chi connectivity index (χ0v) is 67.0. The minimum Gasteiger partial charge on any atom is -0.490 e. The first kappa shape index (κ1) is 92.0. The minimum atomic E-state index is -0.849. The maximum Gasteiger partial charge on any atom is 0.246 e. The third-order valence-electron chi connectivity index (χ3n) is 20.0. The van der Waals surface area contributed by atoms with Crippen LogP contribution in [0.4, 0.5) is 5.69 Å². The molecule has 0 radical (unpaired) electrons. The third-order valence-corrected chi connectivity index (χ3v) is 20.0. The first-order valence-electron chi connectivity index (χ1n) is 43.7. The summed E-state index contributed by atoms with van der Waals surface area (Å²) in [6.45, 7) is 18.8. The molecule has 100 heavy (non-hydrogen) atoms. The van der Waals surface area contributed by atoms with Crippen molar-refractivity contribution in [3.63, 3.8) is 0 Å². The molecule has 0 saturated heterocycles. The topological polar surface area (TPSA) is 114 Å². The Morgan fingerprint density at radius 1 is 0.290 bits per heavy atom. The van der Waals surface area contributed by atoms with E-state index in [-0.39, 0.29) is 11.8 Å². The van der Waals surface area contributed by atoms with Crippen LogP contribution in [0.15, 0.2) is 30.3 Å². The van der Waals surface area contributed by atoms with Gasteiger partial charge < -0.3 is 39.1 Å². The van der Waals surface area contributed by atoms with Crippen LogP contribution < -0.4 is 39.1 Å². The first-order chi connectivity index (χ1) is 49.3. The largest absolute Gasteiger partial charge is 0.490 e. The smallest absolute Gasteiger partial charge is 0.246 e. The number of anilines is 1. The molecule has 10 nitrogen and oxygen atoms in total. The number of amides is 2. The first-order valence-corrected chi connectivity index (χ1v) is 43.7. The van der Waals surface area contributed by atoms with Crippen LogP contribution in [0.2, 0.25) is 0 Å². The van der Waals surface area contributed by atoms with Crippen molar-refractivity contribution in [2.45, 2.75) is 440 Å². The Balaban J connectivity index is 2.40. The van der Waals surface area contributed by atoms with E-state index in [0.29, 0.717) is 79.8 Å². The Morgan fingerprint density at radius 2 is 0.490 bits per heavy atom. The lowest BCUT2D eigenvalue weighted by atomic mass is 10.1. The lowest BCUT2D eigenvalue weighted by Gasteiger charge is -2.20. The highest BCUT2D eigenvalue weighted by atomic mass is 16.5. The van der Waals surface area contributed by atoms with Gasteiger partial charge in [0.2, 0.25) is 23.3 Å². The van der Waals surface area contributed by atoms with Crippen molar-refractivity contribution in [3.05, 3.63) is 35.9 Å². The zero-order valence-electron chi connectivity index (χ0n) is 67.0. The van der Waals surface area contributed by atoms with Crippen molar-refractivity contribution in [3.8, 4) is 34.5 Å². The Morgan fingerprint density at radius 3 is 0.720 bits per heavy atom. The van der Waals surface area contributed by atoms with Crippen LogP contribution in [-0.2, 0) is 9.59 Å². The van der Waals surface area contributed by atoms with Crippen LogP contribution in [-0.4, -0.2) is 57.5 Å². The molecule has 0 saturated carbocycles. The molecule has 2 amide bonds. The monoisotopic (exact) mass is 1400 g/mol. The van der Waals surface area contributed by atoms with Gasteiger partial charge in [-0.1, -0.05) is 388 Å². The van der Waals surface area contributed by atoms with E-state index in [1.54, 1.807) is 13.0 Å². The molecule has 2 N–H and O–H groups in total. The lowest BCUT2D eigenvalue weighted by Crippen LogP contribution is -2.40. The second-order valence-electron chi connectivity index (χ2n) is 29.9. The van der Waals surface area contributed by atoms with E-state index in [1.807, 2.05) is 24.3 Å². The molecule has 580 valence electrons. The average Bonchev–Trinajstić information content (AvgIpc) is 0.832. The van der Waals surface area contributed by atoms with Crippen molar-refractivity contribution in [2.24, 2.45) is 0 Å². The average molecular weight is 1400 g/mol. The molecule has 0 aliphatic heterocycles. The molecule has 0 fully saturated rings. The summed E-state index contributed by atoms with van der Waals surface area (Å²) >= 11 is 0. The van der Waals surface area contributed by atoms with Gasteiger partial charge in [-0.2, -0.15) is 0 Å². The standard InChI is InChI=1S/C90H162N2O8/c1-8-14-20-26-32-38-44-50-56-62-70-95-83-76-81(77-84(96-71-63-57-51-45-39-33-27-21-15-9-2)88(83)99-74-66-60-54-48-42-36-30-24-18-12-5)68-69-87(93)91-80(7)90(94)92-82-78-85(97-72-64-58-52-46-40-34-28-22-16-10-3)89(100-75-67-61-55-49-43-37-31-25-19-13-6)86(79-82)98-73-65-59-53-47-41-35-29-23-17-11-4/h68-69,76-80H,8-67,70-75H2,1-7H3,(H,91,93)(H,92,94)/b69-68+/t80-/m1/s1. The molecule has 2 rings (SSSR count). The Kier molecular flexibility index (Phi) is 64.9. The van der Waals surface area contributed by atoms with E-state index in [9.17, 15) is 9.59 Å². The summed E-state index contributed by atoms with van der Waals surface area (Å²) in [5.41, 5.74) is 1.33. The van der Waals surface area contributed by atoms with Crippen LogP contribution in [0.3, 0.4) is 0 Å². The maximum atomic E-state index is 14.3. The van der Waals surface area contributed by atoms with Crippen molar-refractivity contribution in [2.75, 3.05) is 45.0 Å². The van der Waals surface area contributed by atoms with Gasteiger partial charge in [0.05, 0.1) is 39.6 Å². The second kappa shape index (κ2) is 70.6. The van der Waals surface area contributed by atoms with Gasteiger partial charge in [-0.05, 0) is 69.2 Å². The molecule has 2 aromatic carbocycles. The zero-order chi connectivity index (χ0) is 71.9. The molecule has 0 bridgehead atoms. The molecule has 0 aliphatic rings. The highest BCUT2D eigenvalue weighted by Gasteiger charge is 2.21. The summed E-state index contributed by atoms with van der Waals surface area (Å²) in [5.74, 6) is 3.07. The maximum absolute atomic E-state index is 14.3. The van der Waals surface area contributed by atoms with Crippen LogP contribution >= 0.6 is 0 Å². The van der Waals surface area contributed by atoms with Crippen LogP contribution in [0.25, 0.3) is 6.08 Å². The van der Waals surface area contributed by atoms with Crippen molar-refractivity contribution in [1.82, 2.24) is 5.32 Å². The van der Waals surface area contributed by atoms with Gasteiger partial charge in [0, 0.05) is 23.9 Å². The number of carbonyl (C=O) groups excluding carboxylic acids is 2. The van der Waals surface area contributed by atoms with E-state index >= 15 is 0 Å². The number of unbranched alkanes of at least 4 members (excludes halogenated alkanes) is 54. The molecular formula is C90H162N2O8. The Hall–Kier alpha value is -4.08. The third kappa shape index (κ3) is 53.7. The fraction of sp³-hybridized carbons (Fsp3) is 0.822. The second-order valence-corrected chi connectivity index (χ2v) is 29.9. The van der Waals surface area contributed by atoms with Gasteiger partial charge in [-0.3, -0.25) is 9.59 Å². The normalized spacial score (nSPS) is 11.8. The van der Waals surface area contributed by atoms with Crippen molar-refractivity contribution in [1.29, 1.82) is 0 Å². The molecule has 0 unspecified atom stereocenters. The van der Waals surface area contributed by atoms with E-state index in [2.05, 4.69) is 52.2 Å². The van der Waals surface area contributed by atoms with E-state index < -0.39 is 6.04 Å². The highest BCUT2D eigenvalue weighted by molar-refractivity contribution is 6.00. The molecule has 0 aliphatic carbocycles. The van der Waals surface area contributed by atoms with Gasteiger partial charge in [-0.25, -0.2) is 0 Å². The number of rotatable bonds is 77. The molecule has 2 aromatic rings. The van der Waals surface area contributed by atoms with Crippen molar-refractivity contribution >= 4 is 23.6 Å². The van der Waals surface area contributed by atoms with Gasteiger partial charge in [0.1, 0.15) is 6.04 Å². The molecular weight excluding hydrogens is 1240 g/mol. The number of hydrogen-bond donors (Lipinski definition) is 2. The summed E-state index contributed by atoms with van der Waals surface area (Å²) in [6, 6.07) is 6.92. The molecule has 0 spiro atoms. The van der Waals surface area contributed by atoms with E-state index in [0.717, 1.165) is 82.6 Å². The van der Waals surface area contributed by atoms with Gasteiger partial charge in [0.25, 0.3) is 0 Å². The number of hydrogen-bond acceptors (Lipinski definition) is 8. The lowest BCUT2D eigenvalue weighted by molar-refractivity contribution is -0.123. The van der Waals surface area contributed by atoms with Crippen LogP contribution in [0, 0.1) is 0 Å². The van der Waals surface area contributed by atoms with Gasteiger partial charge in [-0.15, -0.1) is 0 Å². The summed E-state index contributed by atoms with van der Waals surface area (Å²) in [6.07, 6.45) is 78.4.